The average molecular weight is 318 g/mol. The topological polar surface area (TPSA) is 44.8 Å². The maximum absolute atomic E-state index is 11.7. The van der Waals surface area contributed by atoms with Crippen molar-refractivity contribution in [3.63, 3.8) is 0 Å². The van der Waals surface area contributed by atoms with E-state index >= 15 is 0 Å². The van der Waals surface area contributed by atoms with Gasteiger partial charge < -0.3 is 14.2 Å². The fourth-order valence-corrected chi connectivity index (χ4v) is 2.53. The number of benzene rings is 1. The number of methoxy groups -OCH3 is 2. The third-order valence-corrected chi connectivity index (χ3v) is 3.98. The van der Waals surface area contributed by atoms with Crippen molar-refractivity contribution in [1.82, 2.24) is 0 Å². The molecule has 0 atom stereocenters. The van der Waals surface area contributed by atoms with Crippen LogP contribution in [0.5, 0.6) is 11.5 Å². The Kier molecular flexibility index (Phi) is 5.61. The quantitative estimate of drug-likeness (QED) is 0.600. The van der Waals surface area contributed by atoms with Gasteiger partial charge in [-0.15, -0.1) is 11.3 Å². The SMILES string of the molecule is COc1cc(C)c(COC(=O)/C=C/c2cccs2)cc1OC. The molecule has 5 heteroatoms. The molecule has 1 aromatic heterocycles. The van der Waals surface area contributed by atoms with E-state index in [2.05, 4.69) is 0 Å². The zero-order valence-corrected chi connectivity index (χ0v) is 13.6. The molecule has 0 spiro atoms. The Morgan fingerprint density at radius 3 is 2.59 bits per heavy atom. The van der Waals surface area contributed by atoms with E-state index in [4.69, 9.17) is 14.2 Å². The lowest BCUT2D eigenvalue weighted by atomic mass is 10.1. The Hall–Kier alpha value is -2.27. The van der Waals surface area contributed by atoms with Crippen LogP contribution in [0, 0.1) is 6.92 Å². The second kappa shape index (κ2) is 7.66. The van der Waals surface area contributed by atoms with Gasteiger partial charge in [-0.05, 0) is 47.7 Å². The highest BCUT2D eigenvalue weighted by atomic mass is 32.1. The number of rotatable bonds is 6. The minimum atomic E-state index is -0.373. The number of thiophene rings is 1. The Bertz CT molecular complexity index is 660. The second-order valence-electron chi connectivity index (χ2n) is 4.59. The Balaban J connectivity index is 2.00. The van der Waals surface area contributed by atoms with Crippen LogP contribution in [-0.2, 0) is 16.1 Å². The summed E-state index contributed by atoms with van der Waals surface area (Å²) in [6.45, 7) is 2.13. The van der Waals surface area contributed by atoms with Crippen LogP contribution < -0.4 is 9.47 Å². The Labute approximate surface area is 133 Å². The van der Waals surface area contributed by atoms with Gasteiger partial charge in [0.05, 0.1) is 14.2 Å². The lowest BCUT2D eigenvalue weighted by molar-refractivity contribution is -0.138. The third-order valence-electron chi connectivity index (χ3n) is 3.14. The highest BCUT2D eigenvalue weighted by Crippen LogP contribution is 2.30. The zero-order chi connectivity index (χ0) is 15.9. The summed E-state index contributed by atoms with van der Waals surface area (Å²) in [6, 6.07) is 7.56. The first-order chi connectivity index (χ1) is 10.6. The molecule has 0 fully saturated rings. The van der Waals surface area contributed by atoms with E-state index in [1.165, 1.54) is 6.08 Å². The molecule has 0 aliphatic carbocycles. The van der Waals surface area contributed by atoms with E-state index in [9.17, 15) is 4.79 Å². The van der Waals surface area contributed by atoms with Gasteiger partial charge in [0.25, 0.3) is 0 Å². The van der Waals surface area contributed by atoms with Crippen LogP contribution in [0.4, 0.5) is 0 Å². The van der Waals surface area contributed by atoms with Crippen molar-refractivity contribution in [2.75, 3.05) is 14.2 Å². The van der Waals surface area contributed by atoms with E-state index in [1.54, 1.807) is 31.6 Å². The molecule has 2 aromatic rings. The summed E-state index contributed by atoms with van der Waals surface area (Å²) in [5, 5.41) is 1.96. The van der Waals surface area contributed by atoms with Gasteiger partial charge in [-0.25, -0.2) is 4.79 Å². The number of carbonyl (C=O) groups is 1. The minimum absolute atomic E-state index is 0.194. The molecule has 0 amide bonds. The molecule has 22 heavy (non-hydrogen) atoms. The molecule has 0 saturated heterocycles. The molecule has 1 heterocycles. The third kappa shape index (κ3) is 4.11. The number of esters is 1. The summed E-state index contributed by atoms with van der Waals surface area (Å²) in [6.07, 6.45) is 3.18. The first-order valence-corrected chi connectivity index (χ1v) is 7.62. The van der Waals surface area contributed by atoms with Gasteiger partial charge >= 0.3 is 5.97 Å². The summed E-state index contributed by atoms with van der Waals surface area (Å²) in [7, 11) is 3.17. The molecule has 0 bridgehead atoms. The number of carbonyl (C=O) groups excluding carboxylic acids is 1. The van der Waals surface area contributed by atoms with Crippen LogP contribution >= 0.6 is 11.3 Å². The molecule has 0 aliphatic rings. The van der Waals surface area contributed by atoms with E-state index < -0.39 is 0 Å². The van der Waals surface area contributed by atoms with Crippen LogP contribution in [0.25, 0.3) is 6.08 Å². The normalized spacial score (nSPS) is 10.7. The van der Waals surface area contributed by atoms with Crippen molar-refractivity contribution >= 4 is 23.4 Å². The van der Waals surface area contributed by atoms with Gasteiger partial charge in [0.15, 0.2) is 11.5 Å². The van der Waals surface area contributed by atoms with E-state index in [-0.39, 0.29) is 12.6 Å². The molecule has 2 rings (SSSR count). The summed E-state index contributed by atoms with van der Waals surface area (Å²) < 4.78 is 15.8. The molecular weight excluding hydrogens is 300 g/mol. The Morgan fingerprint density at radius 1 is 1.23 bits per heavy atom. The van der Waals surface area contributed by atoms with Crippen molar-refractivity contribution < 1.29 is 19.0 Å². The molecule has 0 N–H and O–H groups in total. The van der Waals surface area contributed by atoms with Crippen LogP contribution in [-0.4, -0.2) is 20.2 Å². The van der Waals surface area contributed by atoms with Gasteiger partial charge in [0.1, 0.15) is 6.61 Å². The van der Waals surface area contributed by atoms with Crippen LogP contribution in [0.15, 0.2) is 35.7 Å². The lowest BCUT2D eigenvalue weighted by Crippen LogP contribution is -2.03. The molecule has 116 valence electrons. The van der Waals surface area contributed by atoms with E-state index in [1.807, 2.05) is 36.6 Å². The van der Waals surface area contributed by atoms with E-state index in [0.29, 0.717) is 11.5 Å². The van der Waals surface area contributed by atoms with Gasteiger partial charge in [0, 0.05) is 11.0 Å². The number of aryl methyl sites for hydroxylation is 1. The first kappa shape index (κ1) is 16.1. The predicted molar refractivity (Wildman–Crippen MR) is 87.4 cm³/mol. The molecule has 0 aliphatic heterocycles. The van der Waals surface area contributed by atoms with Gasteiger partial charge in [0.2, 0.25) is 0 Å². The van der Waals surface area contributed by atoms with Crippen molar-refractivity contribution in [2.24, 2.45) is 0 Å². The Morgan fingerprint density at radius 2 is 1.95 bits per heavy atom. The van der Waals surface area contributed by atoms with Gasteiger partial charge in [-0.2, -0.15) is 0 Å². The molecule has 1 aromatic carbocycles. The lowest BCUT2D eigenvalue weighted by Gasteiger charge is -2.12. The highest BCUT2D eigenvalue weighted by Gasteiger charge is 2.09. The smallest absolute Gasteiger partial charge is 0.331 e. The molecule has 0 saturated carbocycles. The van der Waals surface area contributed by atoms with Crippen molar-refractivity contribution in [1.29, 1.82) is 0 Å². The fraction of sp³-hybridized carbons (Fsp3) is 0.235. The average Bonchev–Trinajstić information content (AvgIpc) is 3.04. The second-order valence-corrected chi connectivity index (χ2v) is 5.57. The minimum Gasteiger partial charge on any atom is -0.493 e. The predicted octanol–water partition coefficient (Wildman–Crippen LogP) is 3.83. The molecular formula is C17H18O4S. The van der Waals surface area contributed by atoms with Crippen LogP contribution in [0.3, 0.4) is 0 Å². The number of hydrogen-bond donors (Lipinski definition) is 0. The first-order valence-electron chi connectivity index (χ1n) is 6.74. The molecule has 4 nitrogen and oxygen atoms in total. The fourth-order valence-electron chi connectivity index (χ4n) is 1.91. The van der Waals surface area contributed by atoms with Gasteiger partial charge in [-0.3, -0.25) is 0 Å². The highest BCUT2D eigenvalue weighted by molar-refractivity contribution is 7.10. The maximum atomic E-state index is 11.7. The monoisotopic (exact) mass is 318 g/mol. The van der Waals surface area contributed by atoms with Crippen molar-refractivity contribution in [2.45, 2.75) is 13.5 Å². The van der Waals surface area contributed by atoms with Crippen molar-refractivity contribution in [3.8, 4) is 11.5 Å². The standard InChI is InChI=1S/C17H18O4S/c1-12-9-15(19-2)16(20-3)10-13(12)11-21-17(18)7-6-14-5-4-8-22-14/h4-10H,11H2,1-3H3/b7-6+. The summed E-state index contributed by atoms with van der Waals surface area (Å²) in [4.78, 5) is 12.8. The summed E-state index contributed by atoms with van der Waals surface area (Å²) in [5.41, 5.74) is 1.86. The number of ether oxygens (including phenoxy) is 3. The van der Waals surface area contributed by atoms with E-state index in [0.717, 1.165) is 16.0 Å². The molecule has 0 unspecified atom stereocenters. The zero-order valence-electron chi connectivity index (χ0n) is 12.8. The van der Waals surface area contributed by atoms with Gasteiger partial charge in [-0.1, -0.05) is 6.07 Å². The maximum Gasteiger partial charge on any atom is 0.331 e. The number of hydrogen-bond acceptors (Lipinski definition) is 5. The summed E-state index contributed by atoms with van der Waals surface area (Å²) in [5.74, 6) is 0.906. The van der Waals surface area contributed by atoms with Crippen molar-refractivity contribution in [3.05, 3.63) is 51.7 Å². The van der Waals surface area contributed by atoms with Crippen LogP contribution in [0.2, 0.25) is 0 Å². The summed E-state index contributed by atoms with van der Waals surface area (Å²) >= 11 is 1.57. The molecule has 0 radical (unpaired) electrons. The van der Waals surface area contributed by atoms with Crippen LogP contribution in [0.1, 0.15) is 16.0 Å². The largest absolute Gasteiger partial charge is 0.493 e.